The van der Waals surface area contributed by atoms with E-state index in [-0.39, 0.29) is 23.6 Å². The Balaban J connectivity index is 0.00000180. The molecule has 0 aliphatic heterocycles. The fraction of sp³-hybridized carbons (Fsp3) is 0.357. The van der Waals surface area contributed by atoms with Crippen LogP contribution in [-0.2, 0) is 13.0 Å². The molecule has 2 N–H and O–H groups in total. The SMILES string of the molecule is Cc1c(CCO)sc[n+]1CC(O)c1ccccc1.[Br-]. The second-order valence-electron chi connectivity index (χ2n) is 4.28. The molecule has 0 spiro atoms. The summed E-state index contributed by atoms with van der Waals surface area (Å²) in [5.41, 5.74) is 4.07. The van der Waals surface area contributed by atoms with Gasteiger partial charge in [-0.3, -0.25) is 0 Å². The third kappa shape index (κ3) is 4.11. The first kappa shape index (κ1) is 16.3. The van der Waals surface area contributed by atoms with E-state index in [4.69, 9.17) is 5.11 Å². The van der Waals surface area contributed by atoms with Crippen molar-refractivity contribution in [1.29, 1.82) is 0 Å². The molecule has 3 nitrogen and oxygen atoms in total. The third-order valence-corrected chi connectivity index (χ3v) is 4.19. The Morgan fingerprint density at radius 2 is 1.95 bits per heavy atom. The highest BCUT2D eigenvalue weighted by molar-refractivity contribution is 7.09. The van der Waals surface area contributed by atoms with E-state index in [1.807, 2.05) is 47.3 Å². The van der Waals surface area contributed by atoms with E-state index >= 15 is 0 Å². The number of aromatic nitrogens is 1. The molecule has 1 aromatic carbocycles. The standard InChI is InChI=1S/C14H18NO2S.BrH/c1-11-14(7-8-16)18-10-15(11)9-13(17)12-5-3-2-4-6-12;/h2-6,10,13,16-17H,7-9H2,1H3;1H/q+1;/p-1. The van der Waals surface area contributed by atoms with Gasteiger partial charge >= 0.3 is 0 Å². The minimum absolute atomic E-state index is 0. The van der Waals surface area contributed by atoms with E-state index in [9.17, 15) is 5.11 Å². The summed E-state index contributed by atoms with van der Waals surface area (Å²) in [4.78, 5) is 1.18. The zero-order chi connectivity index (χ0) is 13.0. The predicted octanol–water partition coefficient (Wildman–Crippen LogP) is -1.38. The average Bonchev–Trinajstić information content (AvgIpc) is 2.73. The van der Waals surface area contributed by atoms with Crippen molar-refractivity contribution in [3.8, 4) is 0 Å². The van der Waals surface area contributed by atoms with E-state index in [0.29, 0.717) is 13.0 Å². The van der Waals surface area contributed by atoms with Crippen molar-refractivity contribution in [3.63, 3.8) is 0 Å². The first-order valence-corrected chi connectivity index (χ1v) is 6.90. The molecule has 0 saturated carbocycles. The van der Waals surface area contributed by atoms with E-state index < -0.39 is 6.10 Å². The number of aliphatic hydroxyl groups is 2. The molecule has 104 valence electrons. The van der Waals surface area contributed by atoms with Gasteiger partial charge in [-0.2, -0.15) is 4.57 Å². The fourth-order valence-corrected chi connectivity index (χ4v) is 2.94. The number of thiazole rings is 1. The van der Waals surface area contributed by atoms with Crippen molar-refractivity contribution in [2.75, 3.05) is 6.61 Å². The normalized spacial score (nSPS) is 11.9. The number of rotatable bonds is 5. The van der Waals surface area contributed by atoms with Crippen LogP contribution in [0.15, 0.2) is 35.8 Å². The fourth-order valence-electron chi connectivity index (χ4n) is 1.94. The van der Waals surface area contributed by atoms with Crippen LogP contribution in [-0.4, -0.2) is 16.8 Å². The topological polar surface area (TPSA) is 44.3 Å². The Bertz CT molecular complexity index is 501. The molecule has 1 heterocycles. The first-order chi connectivity index (χ1) is 8.72. The van der Waals surface area contributed by atoms with Crippen molar-refractivity contribution in [3.05, 3.63) is 52.0 Å². The number of hydrogen-bond acceptors (Lipinski definition) is 3. The van der Waals surface area contributed by atoms with E-state index in [1.165, 1.54) is 4.88 Å². The second kappa shape index (κ2) is 7.75. The zero-order valence-electron chi connectivity index (χ0n) is 10.8. The summed E-state index contributed by atoms with van der Waals surface area (Å²) < 4.78 is 2.05. The van der Waals surface area contributed by atoms with E-state index in [1.54, 1.807) is 11.3 Å². The van der Waals surface area contributed by atoms with Gasteiger partial charge < -0.3 is 27.2 Å². The molecule has 1 aromatic heterocycles. The molecule has 1 atom stereocenters. The van der Waals surface area contributed by atoms with Gasteiger partial charge in [0.1, 0.15) is 6.10 Å². The van der Waals surface area contributed by atoms with Crippen LogP contribution in [0.25, 0.3) is 0 Å². The second-order valence-corrected chi connectivity index (χ2v) is 5.22. The van der Waals surface area contributed by atoms with Crippen LogP contribution in [0.2, 0.25) is 0 Å². The highest BCUT2D eigenvalue weighted by Gasteiger charge is 2.19. The number of aliphatic hydroxyl groups excluding tert-OH is 2. The lowest BCUT2D eigenvalue weighted by atomic mass is 10.1. The third-order valence-electron chi connectivity index (χ3n) is 3.05. The van der Waals surface area contributed by atoms with Gasteiger partial charge in [0.05, 0.1) is 4.88 Å². The molecule has 0 radical (unpaired) electrons. The van der Waals surface area contributed by atoms with Gasteiger partial charge in [0, 0.05) is 20.0 Å². The maximum atomic E-state index is 10.2. The van der Waals surface area contributed by atoms with Crippen LogP contribution < -0.4 is 21.5 Å². The molecule has 5 heteroatoms. The molecule has 2 rings (SSSR count). The number of halogens is 1. The summed E-state index contributed by atoms with van der Waals surface area (Å²) in [5, 5.41) is 19.1. The minimum atomic E-state index is -0.494. The molecule has 0 fully saturated rings. The van der Waals surface area contributed by atoms with Crippen molar-refractivity contribution >= 4 is 11.3 Å². The Hall–Kier alpha value is -0.750. The maximum Gasteiger partial charge on any atom is 0.225 e. The van der Waals surface area contributed by atoms with Crippen molar-refractivity contribution in [2.45, 2.75) is 26.0 Å². The van der Waals surface area contributed by atoms with Gasteiger partial charge in [0.2, 0.25) is 5.51 Å². The summed E-state index contributed by atoms with van der Waals surface area (Å²) in [5.74, 6) is 0. The van der Waals surface area contributed by atoms with Crippen LogP contribution in [0, 0.1) is 6.92 Å². The molecule has 0 aliphatic carbocycles. The van der Waals surface area contributed by atoms with Crippen molar-refractivity contribution in [2.24, 2.45) is 0 Å². The largest absolute Gasteiger partial charge is 1.00 e. The predicted molar refractivity (Wildman–Crippen MR) is 71.4 cm³/mol. The van der Waals surface area contributed by atoms with Crippen LogP contribution in [0.3, 0.4) is 0 Å². The molecule has 0 aliphatic rings. The van der Waals surface area contributed by atoms with E-state index in [0.717, 1.165) is 11.3 Å². The van der Waals surface area contributed by atoms with Crippen LogP contribution >= 0.6 is 11.3 Å². The Labute approximate surface area is 127 Å². The highest BCUT2D eigenvalue weighted by atomic mass is 79.9. The van der Waals surface area contributed by atoms with Gasteiger partial charge in [-0.15, -0.1) is 0 Å². The molecule has 0 bridgehead atoms. The number of benzene rings is 1. The van der Waals surface area contributed by atoms with Crippen LogP contribution in [0.4, 0.5) is 0 Å². The number of nitrogens with zero attached hydrogens (tertiary/aromatic N) is 1. The molecular formula is C14H18BrNO2S. The van der Waals surface area contributed by atoms with Gasteiger partial charge in [-0.1, -0.05) is 41.7 Å². The zero-order valence-corrected chi connectivity index (χ0v) is 13.2. The average molecular weight is 344 g/mol. The van der Waals surface area contributed by atoms with Gasteiger partial charge in [-0.05, 0) is 5.56 Å². The molecular weight excluding hydrogens is 326 g/mol. The van der Waals surface area contributed by atoms with E-state index in [2.05, 4.69) is 0 Å². The van der Waals surface area contributed by atoms with Gasteiger partial charge in [0.25, 0.3) is 0 Å². The summed E-state index contributed by atoms with van der Waals surface area (Å²) in [7, 11) is 0. The summed E-state index contributed by atoms with van der Waals surface area (Å²) in [6.45, 7) is 2.75. The molecule has 19 heavy (non-hydrogen) atoms. The number of hydrogen-bond donors (Lipinski definition) is 2. The minimum Gasteiger partial charge on any atom is -1.00 e. The Morgan fingerprint density at radius 1 is 1.26 bits per heavy atom. The lowest BCUT2D eigenvalue weighted by Gasteiger charge is -2.07. The molecule has 1 unspecified atom stereocenters. The summed E-state index contributed by atoms with van der Waals surface area (Å²) >= 11 is 1.63. The Kier molecular flexibility index (Phi) is 6.65. The van der Waals surface area contributed by atoms with Gasteiger partial charge in [-0.25, -0.2) is 0 Å². The first-order valence-electron chi connectivity index (χ1n) is 6.02. The quantitative estimate of drug-likeness (QED) is 0.657. The van der Waals surface area contributed by atoms with Crippen molar-refractivity contribution < 1.29 is 31.8 Å². The van der Waals surface area contributed by atoms with Crippen LogP contribution in [0.1, 0.15) is 22.2 Å². The lowest BCUT2D eigenvalue weighted by molar-refractivity contribution is -0.706. The highest BCUT2D eigenvalue weighted by Crippen LogP contribution is 2.15. The van der Waals surface area contributed by atoms with Gasteiger partial charge in [0.15, 0.2) is 12.2 Å². The monoisotopic (exact) mass is 343 g/mol. The Morgan fingerprint density at radius 3 is 2.58 bits per heavy atom. The molecule has 2 aromatic rings. The van der Waals surface area contributed by atoms with Crippen LogP contribution in [0.5, 0.6) is 0 Å². The molecule has 0 amide bonds. The maximum absolute atomic E-state index is 10.2. The van der Waals surface area contributed by atoms with Crippen molar-refractivity contribution in [1.82, 2.24) is 0 Å². The lowest BCUT2D eigenvalue weighted by Crippen LogP contribution is -3.00. The summed E-state index contributed by atoms with van der Waals surface area (Å²) in [6.07, 6.45) is 0.191. The summed E-state index contributed by atoms with van der Waals surface area (Å²) in [6, 6.07) is 9.67. The molecule has 0 saturated heterocycles. The smallest absolute Gasteiger partial charge is 0.225 e.